The number of aromatic nitrogens is 1. The zero-order chi connectivity index (χ0) is 20.8. The Balaban J connectivity index is 1.72. The van der Waals surface area contributed by atoms with E-state index in [0.717, 1.165) is 34.4 Å². The predicted octanol–water partition coefficient (Wildman–Crippen LogP) is 4.44. The number of carbonyl (C=O) groups is 2. The maximum atomic E-state index is 12.7. The summed E-state index contributed by atoms with van der Waals surface area (Å²) in [5.74, 6) is -0.548. The maximum Gasteiger partial charge on any atom is 0.257 e. The maximum absolute atomic E-state index is 12.7. The molecule has 2 N–H and O–H groups in total. The highest BCUT2D eigenvalue weighted by atomic mass is 16.2. The lowest BCUT2D eigenvalue weighted by molar-refractivity contribution is 0.0950. The first-order valence-electron chi connectivity index (χ1n) is 9.66. The van der Waals surface area contributed by atoms with Gasteiger partial charge in [-0.15, -0.1) is 0 Å². The summed E-state index contributed by atoms with van der Waals surface area (Å²) in [6.07, 6.45) is 3.75. The number of hydrogen-bond acceptors (Lipinski definition) is 3. The van der Waals surface area contributed by atoms with Crippen LogP contribution in [0.2, 0.25) is 0 Å². The third-order valence-corrected chi connectivity index (χ3v) is 4.78. The molecule has 3 rings (SSSR count). The predicted molar refractivity (Wildman–Crippen MR) is 115 cm³/mol. The van der Waals surface area contributed by atoms with E-state index in [2.05, 4.69) is 15.6 Å². The average molecular weight is 387 g/mol. The number of rotatable bonds is 6. The van der Waals surface area contributed by atoms with Gasteiger partial charge in [0, 0.05) is 24.6 Å². The van der Waals surface area contributed by atoms with Gasteiger partial charge in [0.15, 0.2) is 0 Å². The third-order valence-electron chi connectivity index (χ3n) is 4.78. The van der Waals surface area contributed by atoms with Crippen LogP contribution in [0, 0.1) is 13.8 Å². The van der Waals surface area contributed by atoms with Crippen molar-refractivity contribution in [3.8, 4) is 0 Å². The molecular formula is C24H25N3O2. The first kappa shape index (κ1) is 20.3. The van der Waals surface area contributed by atoms with Crippen LogP contribution in [0.1, 0.15) is 49.9 Å². The Hall–Kier alpha value is -3.47. The monoisotopic (exact) mass is 387 g/mol. The second kappa shape index (κ2) is 9.15. The van der Waals surface area contributed by atoms with E-state index in [1.807, 2.05) is 63.2 Å². The number of benzene rings is 2. The number of aryl methyl sites for hydroxylation is 3. The topological polar surface area (TPSA) is 71.1 Å². The van der Waals surface area contributed by atoms with Crippen LogP contribution in [0.4, 0.5) is 5.69 Å². The SMILES string of the molecule is CCc1cccc(C)c1NC(=O)c1cncc(C(=O)NCc2cccc(C)c2)c1. The van der Waals surface area contributed by atoms with Gasteiger partial charge in [-0.1, -0.05) is 55.0 Å². The molecule has 0 bridgehead atoms. The second-order valence-electron chi connectivity index (χ2n) is 7.05. The molecule has 148 valence electrons. The van der Waals surface area contributed by atoms with Gasteiger partial charge < -0.3 is 10.6 Å². The molecule has 0 aliphatic rings. The summed E-state index contributed by atoms with van der Waals surface area (Å²) < 4.78 is 0. The summed E-state index contributed by atoms with van der Waals surface area (Å²) in [6, 6.07) is 15.5. The molecule has 1 heterocycles. The number of para-hydroxylation sites is 1. The Kier molecular flexibility index (Phi) is 6.39. The van der Waals surface area contributed by atoms with Crippen LogP contribution in [0.5, 0.6) is 0 Å². The van der Waals surface area contributed by atoms with Crippen molar-refractivity contribution in [2.75, 3.05) is 5.32 Å². The van der Waals surface area contributed by atoms with Crippen molar-refractivity contribution >= 4 is 17.5 Å². The molecule has 2 amide bonds. The summed E-state index contributed by atoms with van der Waals surface area (Å²) in [6.45, 7) is 6.43. The van der Waals surface area contributed by atoms with Crippen molar-refractivity contribution in [2.24, 2.45) is 0 Å². The summed E-state index contributed by atoms with van der Waals surface area (Å²) in [4.78, 5) is 29.3. The van der Waals surface area contributed by atoms with Crippen LogP contribution >= 0.6 is 0 Å². The Morgan fingerprint density at radius 2 is 1.66 bits per heavy atom. The standard InChI is InChI=1S/C24H25N3O2/c1-4-19-10-6-8-17(3)22(19)27-24(29)21-12-20(14-25-15-21)23(28)26-13-18-9-5-7-16(2)11-18/h5-12,14-15H,4,13H2,1-3H3,(H,26,28)(H,27,29). The van der Waals surface area contributed by atoms with Gasteiger partial charge in [-0.25, -0.2) is 0 Å². The highest BCUT2D eigenvalue weighted by molar-refractivity contribution is 6.06. The van der Waals surface area contributed by atoms with Gasteiger partial charge in [0.05, 0.1) is 11.1 Å². The average Bonchev–Trinajstić information content (AvgIpc) is 2.73. The van der Waals surface area contributed by atoms with E-state index in [0.29, 0.717) is 17.7 Å². The largest absolute Gasteiger partial charge is 0.348 e. The van der Waals surface area contributed by atoms with Crippen molar-refractivity contribution in [3.05, 3.63) is 94.3 Å². The molecule has 0 spiro atoms. The number of nitrogens with one attached hydrogen (secondary N) is 2. The van der Waals surface area contributed by atoms with Crippen molar-refractivity contribution < 1.29 is 9.59 Å². The van der Waals surface area contributed by atoms with Gasteiger partial charge in [0.2, 0.25) is 0 Å². The fraction of sp³-hybridized carbons (Fsp3) is 0.208. The van der Waals surface area contributed by atoms with E-state index in [-0.39, 0.29) is 11.8 Å². The molecule has 0 fully saturated rings. The molecular weight excluding hydrogens is 362 g/mol. The van der Waals surface area contributed by atoms with Gasteiger partial charge in [-0.3, -0.25) is 14.6 Å². The molecule has 2 aromatic carbocycles. The minimum Gasteiger partial charge on any atom is -0.348 e. The minimum atomic E-state index is -0.283. The number of hydrogen-bond donors (Lipinski definition) is 2. The van der Waals surface area contributed by atoms with Gasteiger partial charge in [0.1, 0.15) is 0 Å². The fourth-order valence-corrected chi connectivity index (χ4v) is 3.18. The zero-order valence-corrected chi connectivity index (χ0v) is 17.0. The van der Waals surface area contributed by atoms with E-state index in [1.54, 1.807) is 6.07 Å². The van der Waals surface area contributed by atoms with E-state index in [9.17, 15) is 9.59 Å². The van der Waals surface area contributed by atoms with Crippen LogP contribution in [-0.4, -0.2) is 16.8 Å². The van der Waals surface area contributed by atoms with Crippen LogP contribution in [0.25, 0.3) is 0 Å². The Bertz CT molecular complexity index is 1040. The Morgan fingerprint density at radius 3 is 2.38 bits per heavy atom. The number of carbonyl (C=O) groups excluding carboxylic acids is 2. The van der Waals surface area contributed by atoms with Crippen LogP contribution in [-0.2, 0) is 13.0 Å². The van der Waals surface area contributed by atoms with Crippen LogP contribution in [0.15, 0.2) is 60.9 Å². The summed E-state index contributed by atoms with van der Waals surface area (Å²) in [7, 11) is 0. The van der Waals surface area contributed by atoms with E-state index in [1.165, 1.54) is 12.4 Å². The lowest BCUT2D eigenvalue weighted by Crippen LogP contribution is -2.23. The quantitative estimate of drug-likeness (QED) is 0.657. The third kappa shape index (κ3) is 5.08. The molecule has 0 aliphatic carbocycles. The molecule has 0 radical (unpaired) electrons. The minimum absolute atomic E-state index is 0.265. The van der Waals surface area contributed by atoms with Crippen molar-refractivity contribution in [1.82, 2.24) is 10.3 Å². The lowest BCUT2D eigenvalue weighted by atomic mass is 10.1. The highest BCUT2D eigenvalue weighted by Crippen LogP contribution is 2.22. The van der Waals surface area contributed by atoms with E-state index < -0.39 is 0 Å². The van der Waals surface area contributed by atoms with E-state index >= 15 is 0 Å². The number of pyridine rings is 1. The van der Waals surface area contributed by atoms with Gasteiger partial charge in [-0.2, -0.15) is 0 Å². The first-order chi connectivity index (χ1) is 14.0. The smallest absolute Gasteiger partial charge is 0.257 e. The molecule has 0 saturated heterocycles. The number of amides is 2. The van der Waals surface area contributed by atoms with Gasteiger partial charge >= 0.3 is 0 Å². The highest BCUT2D eigenvalue weighted by Gasteiger charge is 2.14. The molecule has 3 aromatic rings. The van der Waals surface area contributed by atoms with Crippen molar-refractivity contribution in [1.29, 1.82) is 0 Å². The lowest BCUT2D eigenvalue weighted by Gasteiger charge is -2.13. The van der Waals surface area contributed by atoms with Gasteiger partial charge in [0.25, 0.3) is 11.8 Å². The summed E-state index contributed by atoms with van der Waals surface area (Å²) in [5, 5.41) is 5.84. The molecule has 29 heavy (non-hydrogen) atoms. The molecule has 0 saturated carbocycles. The Morgan fingerprint density at radius 1 is 0.931 bits per heavy atom. The molecule has 0 atom stereocenters. The number of anilines is 1. The normalized spacial score (nSPS) is 10.4. The van der Waals surface area contributed by atoms with Crippen LogP contribution < -0.4 is 10.6 Å². The second-order valence-corrected chi connectivity index (χ2v) is 7.05. The van der Waals surface area contributed by atoms with Crippen LogP contribution in [0.3, 0.4) is 0 Å². The summed E-state index contributed by atoms with van der Waals surface area (Å²) in [5.41, 5.74) is 5.74. The molecule has 0 unspecified atom stereocenters. The number of nitrogens with zero attached hydrogens (tertiary/aromatic N) is 1. The Labute approximate surface area is 171 Å². The van der Waals surface area contributed by atoms with Crippen molar-refractivity contribution in [2.45, 2.75) is 33.7 Å². The summed E-state index contributed by atoms with van der Waals surface area (Å²) >= 11 is 0. The first-order valence-corrected chi connectivity index (χ1v) is 9.66. The zero-order valence-electron chi connectivity index (χ0n) is 17.0. The fourth-order valence-electron chi connectivity index (χ4n) is 3.18. The molecule has 0 aliphatic heterocycles. The molecule has 5 heteroatoms. The molecule has 1 aromatic heterocycles. The van der Waals surface area contributed by atoms with Gasteiger partial charge in [-0.05, 0) is 43.0 Å². The van der Waals surface area contributed by atoms with E-state index in [4.69, 9.17) is 0 Å². The molecule has 5 nitrogen and oxygen atoms in total. The van der Waals surface area contributed by atoms with Crippen molar-refractivity contribution in [3.63, 3.8) is 0 Å².